The lowest BCUT2D eigenvalue weighted by Gasteiger charge is -2.33. The predicted molar refractivity (Wildman–Crippen MR) is 90.1 cm³/mol. The summed E-state index contributed by atoms with van der Waals surface area (Å²) in [6.07, 6.45) is 1.31. The maximum absolute atomic E-state index is 13.7. The third-order valence-electron chi connectivity index (χ3n) is 4.10. The number of benzene rings is 1. The van der Waals surface area contributed by atoms with Gasteiger partial charge < -0.3 is 10.2 Å². The van der Waals surface area contributed by atoms with Crippen molar-refractivity contribution in [3.8, 4) is 0 Å². The predicted octanol–water partition coefficient (Wildman–Crippen LogP) is 3.19. The molecule has 1 aromatic heterocycles. The number of thiophene rings is 1. The molecule has 1 saturated heterocycles. The molecule has 1 aliphatic rings. The maximum atomic E-state index is 13.7. The number of nitro benzene ring substituents is 1. The van der Waals surface area contributed by atoms with E-state index < -0.39 is 16.4 Å². The minimum Gasteiger partial charge on any atom is -0.366 e. The standard InChI is InChI=1S/C16H16FN3O3S/c17-13-2-1-3-14(15(13)20(22)23)19-7-4-12(5-8-19)18-16(21)11-6-9-24-10-11/h1-3,6,9-10,12H,4-5,7-8H2,(H,18,21). The fourth-order valence-electron chi connectivity index (χ4n) is 2.87. The van der Waals surface area contributed by atoms with Gasteiger partial charge in [-0.25, -0.2) is 0 Å². The van der Waals surface area contributed by atoms with Gasteiger partial charge in [-0.1, -0.05) is 6.07 Å². The van der Waals surface area contributed by atoms with Crippen LogP contribution in [0.4, 0.5) is 15.8 Å². The number of hydrogen-bond acceptors (Lipinski definition) is 5. The fourth-order valence-corrected chi connectivity index (χ4v) is 3.50. The average molecular weight is 349 g/mol. The number of nitrogens with one attached hydrogen (secondary N) is 1. The van der Waals surface area contributed by atoms with E-state index in [2.05, 4.69) is 5.32 Å². The van der Waals surface area contributed by atoms with Crippen LogP contribution in [0, 0.1) is 15.9 Å². The lowest BCUT2D eigenvalue weighted by molar-refractivity contribution is -0.386. The van der Waals surface area contributed by atoms with E-state index >= 15 is 0 Å². The Morgan fingerprint density at radius 1 is 1.33 bits per heavy atom. The summed E-state index contributed by atoms with van der Waals surface area (Å²) in [4.78, 5) is 24.3. The van der Waals surface area contributed by atoms with E-state index in [4.69, 9.17) is 0 Å². The van der Waals surface area contributed by atoms with E-state index in [9.17, 15) is 19.3 Å². The van der Waals surface area contributed by atoms with Gasteiger partial charge in [0, 0.05) is 30.1 Å². The van der Waals surface area contributed by atoms with Crippen molar-refractivity contribution in [2.24, 2.45) is 0 Å². The zero-order chi connectivity index (χ0) is 17.1. The number of halogens is 1. The normalized spacial score (nSPS) is 15.3. The first-order valence-corrected chi connectivity index (χ1v) is 8.51. The molecular formula is C16H16FN3O3S. The highest BCUT2D eigenvalue weighted by Gasteiger charge is 2.28. The van der Waals surface area contributed by atoms with Crippen molar-refractivity contribution in [1.82, 2.24) is 5.32 Å². The Labute approximate surface area is 142 Å². The van der Waals surface area contributed by atoms with Gasteiger partial charge in [-0.2, -0.15) is 15.7 Å². The van der Waals surface area contributed by atoms with Gasteiger partial charge in [0.15, 0.2) is 0 Å². The van der Waals surface area contributed by atoms with Crippen LogP contribution in [0.1, 0.15) is 23.2 Å². The second-order valence-electron chi connectivity index (χ2n) is 5.61. The van der Waals surface area contributed by atoms with E-state index in [1.165, 1.54) is 17.4 Å². The lowest BCUT2D eigenvalue weighted by atomic mass is 10.0. The van der Waals surface area contributed by atoms with Crippen LogP contribution in [0.25, 0.3) is 0 Å². The molecule has 0 bridgehead atoms. The average Bonchev–Trinajstić information content (AvgIpc) is 3.09. The summed E-state index contributed by atoms with van der Waals surface area (Å²) < 4.78 is 13.7. The third kappa shape index (κ3) is 3.38. The third-order valence-corrected chi connectivity index (χ3v) is 4.79. The second kappa shape index (κ2) is 6.96. The monoisotopic (exact) mass is 349 g/mol. The van der Waals surface area contributed by atoms with Gasteiger partial charge in [0.2, 0.25) is 5.82 Å². The van der Waals surface area contributed by atoms with Crippen LogP contribution in [-0.2, 0) is 0 Å². The summed E-state index contributed by atoms with van der Waals surface area (Å²) in [6.45, 7) is 1.05. The van der Waals surface area contributed by atoms with Gasteiger partial charge in [0.25, 0.3) is 5.91 Å². The molecule has 0 atom stereocenters. The first-order valence-electron chi connectivity index (χ1n) is 7.57. The minimum atomic E-state index is -0.828. The van der Waals surface area contributed by atoms with Crippen molar-refractivity contribution in [2.75, 3.05) is 18.0 Å². The Hall–Kier alpha value is -2.48. The van der Waals surface area contributed by atoms with Gasteiger partial charge in [0.05, 0.1) is 4.92 Å². The van der Waals surface area contributed by atoms with Crippen LogP contribution < -0.4 is 10.2 Å². The van der Waals surface area contributed by atoms with E-state index in [0.29, 0.717) is 37.2 Å². The molecule has 24 heavy (non-hydrogen) atoms. The van der Waals surface area contributed by atoms with E-state index in [1.54, 1.807) is 22.4 Å². The SMILES string of the molecule is O=C(NC1CCN(c2cccc(F)c2[N+](=O)[O-])CC1)c1ccsc1. The molecule has 3 rings (SSSR count). The number of piperidine rings is 1. The smallest absolute Gasteiger partial charge is 0.327 e. The Bertz CT molecular complexity index is 743. The van der Waals surface area contributed by atoms with Gasteiger partial charge in [-0.3, -0.25) is 14.9 Å². The summed E-state index contributed by atoms with van der Waals surface area (Å²) in [7, 11) is 0. The highest BCUT2D eigenvalue weighted by molar-refractivity contribution is 7.08. The number of para-hydroxylation sites is 1. The highest BCUT2D eigenvalue weighted by Crippen LogP contribution is 2.32. The topological polar surface area (TPSA) is 75.5 Å². The van der Waals surface area contributed by atoms with Gasteiger partial charge in [-0.05, 0) is 36.4 Å². The number of carbonyl (C=O) groups excluding carboxylic acids is 1. The molecule has 0 unspecified atom stereocenters. The molecule has 0 spiro atoms. The zero-order valence-corrected chi connectivity index (χ0v) is 13.6. The van der Waals surface area contributed by atoms with Gasteiger partial charge in [-0.15, -0.1) is 0 Å². The molecule has 0 radical (unpaired) electrons. The summed E-state index contributed by atoms with van der Waals surface area (Å²) in [5.41, 5.74) is 0.448. The molecule has 1 amide bonds. The van der Waals surface area contributed by atoms with Crippen molar-refractivity contribution in [1.29, 1.82) is 0 Å². The van der Waals surface area contributed by atoms with Crippen LogP contribution in [-0.4, -0.2) is 30.0 Å². The minimum absolute atomic E-state index is 0.0151. The number of carbonyl (C=O) groups is 1. The number of rotatable bonds is 4. The van der Waals surface area contributed by atoms with Crippen molar-refractivity contribution in [3.63, 3.8) is 0 Å². The Morgan fingerprint density at radius 2 is 2.08 bits per heavy atom. The van der Waals surface area contributed by atoms with E-state index in [0.717, 1.165) is 6.07 Å². The molecule has 1 aliphatic heterocycles. The Morgan fingerprint density at radius 3 is 2.71 bits per heavy atom. The molecule has 2 heterocycles. The van der Waals surface area contributed by atoms with Crippen molar-refractivity contribution in [2.45, 2.75) is 18.9 Å². The van der Waals surface area contributed by atoms with E-state index in [-0.39, 0.29) is 11.9 Å². The quantitative estimate of drug-likeness (QED) is 0.679. The van der Waals surface area contributed by atoms with Crippen LogP contribution in [0.3, 0.4) is 0 Å². The molecule has 2 aromatic rings. The summed E-state index contributed by atoms with van der Waals surface area (Å²) in [5.74, 6) is -0.933. The molecule has 6 nitrogen and oxygen atoms in total. The van der Waals surface area contributed by atoms with Crippen molar-refractivity contribution >= 4 is 28.6 Å². The summed E-state index contributed by atoms with van der Waals surface area (Å²) in [6, 6.07) is 5.91. The Balaban J connectivity index is 1.65. The second-order valence-corrected chi connectivity index (χ2v) is 6.39. The zero-order valence-electron chi connectivity index (χ0n) is 12.8. The Kier molecular flexibility index (Phi) is 4.75. The first-order chi connectivity index (χ1) is 11.6. The highest BCUT2D eigenvalue weighted by atomic mass is 32.1. The molecule has 0 aliphatic carbocycles. The van der Waals surface area contributed by atoms with Crippen LogP contribution in [0.15, 0.2) is 35.0 Å². The summed E-state index contributed by atoms with van der Waals surface area (Å²) in [5, 5.41) is 17.7. The molecule has 1 fully saturated rings. The molecular weight excluding hydrogens is 333 g/mol. The maximum Gasteiger partial charge on any atom is 0.327 e. The van der Waals surface area contributed by atoms with Crippen molar-refractivity contribution in [3.05, 3.63) is 56.5 Å². The van der Waals surface area contributed by atoms with E-state index in [1.807, 2.05) is 5.38 Å². The molecule has 126 valence electrons. The lowest BCUT2D eigenvalue weighted by Crippen LogP contribution is -2.44. The molecule has 1 N–H and O–H groups in total. The van der Waals surface area contributed by atoms with Crippen LogP contribution >= 0.6 is 11.3 Å². The van der Waals surface area contributed by atoms with Gasteiger partial charge in [0.1, 0.15) is 5.69 Å². The number of nitro groups is 1. The molecule has 8 heteroatoms. The number of anilines is 1. The largest absolute Gasteiger partial charge is 0.366 e. The first kappa shape index (κ1) is 16.4. The number of hydrogen-bond donors (Lipinski definition) is 1. The van der Waals surface area contributed by atoms with Crippen molar-refractivity contribution < 1.29 is 14.1 Å². The summed E-state index contributed by atoms with van der Waals surface area (Å²) >= 11 is 1.46. The molecule has 0 saturated carbocycles. The van der Waals surface area contributed by atoms with Gasteiger partial charge >= 0.3 is 5.69 Å². The number of amides is 1. The van der Waals surface area contributed by atoms with Crippen LogP contribution in [0.2, 0.25) is 0 Å². The van der Waals surface area contributed by atoms with Crippen LogP contribution in [0.5, 0.6) is 0 Å². The fraction of sp³-hybridized carbons (Fsp3) is 0.312. The number of nitrogens with zero attached hydrogens (tertiary/aromatic N) is 2. The molecule has 1 aromatic carbocycles.